The Kier molecular flexibility index (Phi) is 24.4. The Morgan fingerprint density at radius 3 is 0.892 bits per heavy atom. The van der Waals surface area contributed by atoms with E-state index in [1.165, 1.54) is 77.0 Å². The van der Waals surface area contributed by atoms with Crippen LogP contribution in [0.3, 0.4) is 0 Å². The van der Waals surface area contributed by atoms with Crippen molar-refractivity contribution in [1.82, 2.24) is 0 Å². The topological polar surface area (TPSA) is 0 Å². The van der Waals surface area contributed by atoms with E-state index < -0.39 is 36.8 Å². The van der Waals surface area contributed by atoms with Crippen molar-refractivity contribution in [3.63, 3.8) is 0 Å². The summed E-state index contributed by atoms with van der Waals surface area (Å²) in [5.41, 5.74) is 0. The first-order chi connectivity index (χ1) is 17.6. The molecule has 0 atom stereocenters. The molecule has 0 N–H and O–H groups in total. The molecule has 0 bridgehead atoms. The molecule has 0 spiro atoms. The molecule has 2 aliphatic carbocycles. The summed E-state index contributed by atoms with van der Waals surface area (Å²) < 4.78 is 13.0. The Hall–Kier alpha value is 1.08. The fraction of sp³-hybridized carbons (Fsp3) is 0.765. The predicted molar refractivity (Wildman–Crippen MR) is 171 cm³/mol. The van der Waals surface area contributed by atoms with Gasteiger partial charge < -0.3 is 0 Å². The van der Waals surface area contributed by atoms with Crippen molar-refractivity contribution in [3.05, 3.63) is 43.6 Å². The van der Waals surface area contributed by atoms with E-state index in [0.717, 1.165) is 12.8 Å². The van der Waals surface area contributed by atoms with Crippen LogP contribution in [0, 0.1) is 12.2 Å². The third kappa shape index (κ3) is 14.0. The third-order valence-electron chi connectivity index (χ3n) is 8.59. The Balaban J connectivity index is 0.000000682. The minimum Gasteiger partial charge on any atom is 2.00 e. The molecule has 37 heavy (non-hydrogen) atoms. The molecular formula is C34H62FeSn2. The van der Waals surface area contributed by atoms with Gasteiger partial charge in [0.25, 0.3) is 0 Å². The molecule has 3 heteroatoms. The van der Waals surface area contributed by atoms with Crippen LogP contribution in [0.15, 0.2) is 31.5 Å². The van der Waals surface area contributed by atoms with Crippen LogP contribution >= 0.6 is 0 Å². The SMILES string of the molecule is CCC[CH2][Sn]([CH2]CCC)([CH2]CCC)[C]1=[C-]CC=C1.CCC[CH2][Sn]([CH2]CCC)([CH2]CCC)[C]1=[C-]CC=C1.[Fe+2]. The van der Waals surface area contributed by atoms with Crippen molar-refractivity contribution in [3.8, 4) is 0 Å². The third-order valence-corrected chi connectivity index (χ3v) is 39.5. The van der Waals surface area contributed by atoms with E-state index in [-0.39, 0.29) is 17.1 Å². The summed E-state index contributed by atoms with van der Waals surface area (Å²) in [4.78, 5) is 0. The van der Waals surface area contributed by atoms with Gasteiger partial charge in [-0.1, -0.05) is 0 Å². The number of allylic oxidation sites excluding steroid dienone is 8. The number of hydrogen-bond acceptors (Lipinski definition) is 0. The summed E-state index contributed by atoms with van der Waals surface area (Å²) in [5, 5.41) is 0. The number of rotatable bonds is 20. The van der Waals surface area contributed by atoms with E-state index in [9.17, 15) is 0 Å². The van der Waals surface area contributed by atoms with Gasteiger partial charge in [-0.3, -0.25) is 0 Å². The largest absolute Gasteiger partial charge is 2.00 e. The molecule has 0 saturated heterocycles. The minimum atomic E-state index is -2.06. The average Bonchev–Trinajstić information content (AvgIpc) is 3.64. The molecule has 0 aromatic carbocycles. The van der Waals surface area contributed by atoms with Crippen molar-refractivity contribution in [2.24, 2.45) is 0 Å². The van der Waals surface area contributed by atoms with Crippen molar-refractivity contribution in [2.45, 2.75) is 158 Å². The number of hydrogen-bond donors (Lipinski definition) is 0. The number of unbranched alkanes of at least 4 members (excludes halogenated alkanes) is 6. The molecule has 0 aliphatic heterocycles. The molecule has 0 amide bonds. The molecule has 2 aliphatic rings. The molecule has 0 heterocycles. The molecule has 0 aromatic heterocycles. The monoisotopic (exact) mass is 766 g/mol. The van der Waals surface area contributed by atoms with Gasteiger partial charge in [0.1, 0.15) is 0 Å². The van der Waals surface area contributed by atoms with Crippen LogP contribution in [0.2, 0.25) is 26.6 Å². The van der Waals surface area contributed by atoms with Crippen LogP contribution in [0.1, 0.15) is 131 Å². The molecular weight excluding hydrogens is 702 g/mol. The van der Waals surface area contributed by atoms with Crippen LogP contribution < -0.4 is 0 Å². The first-order valence-corrected chi connectivity index (χ1v) is 31.1. The van der Waals surface area contributed by atoms with Crippen LogP contribution in [0.25, 0.3) is 0 Å². The average molecular weight is 764 g/mol. The van der Waals surface area contributed by atoms with Gasteiger partial charge in [0, 0.05) is 0 Å². The zero-order chi connectivity index (χ0) is 26.5. The van der Waals surface area contributed by atoms with Gasteiger partial charge in [-0.25, -0.2) is 0 Å². The fourth-order valence-electron chi connectivity index (χ4n) is 6.19. The van der Waals surface area contributed by atoms with Gasteiger partial charge in [-0.15, -0.1) is 0 Å². The second-order valence-corrected chi connectivity index (χ2v) is 37.8. The van der Waals surface area contributed by atoms with E-state index >= 15 is 0 Å². The molecule has 0 aromatic rings. The van der Waals surface area contributed by atoms with Gasteiger partial charge in [-0.2, -0.15) is 0 Å². The summed E-state index contributed by atoms with van der Waals surface area (Å²) in [7, 11) is 0. The molecule has 0 radical (unpaired) electrons. The smallest absolute Gasteiger partial charge is 2.00 e. The van der Waals surface area contributed by atoms with E-state index in [1.807, 2.05) is 0 Å². The quantitative estimate of drug-likeness (QED) is 0.0856. The maximum atomic E-state index is 3.72. The predicted octanol–water partition coefficient (Wildman–Crippen LogP) is 12.1. The van der Waals surface area contributed by atoms with Gasteiger partial charge in [-0.05, 0) is 0 Å². The van der Waals surface area contributed by atoms with Crippen LogP contribution in [-0.4, -0.2) is 36.8 Å². The first-order valence-electron chi connectivity index (χ1n) is 16.1. The van der Waals surface area contributed by atoms with Gasteiger partial charge >= 0.3 is 256 Å². The Bertz CT molecular complexity index is 572. The van der Waals surface area contributed by atoms with E-state index in [4.69, 9.17) is 0 Å². The fourth-order valence-corrected chi connectivity index (χ4v) is 38.1. The molecule has 0 saturated carbocycles. The van der Waals surface area contributed by atoms with Gasteiger partial charge in [0.2, 0.25) is 0 Å². The Morgan fingerprint density at radius 1 is 0.486 bits per heavy atom. The van der Waals surface area contributed by atoms with Crippen LogP contribution in [0.5, 0.6) is 0 Å². The van der Waals surface area contributed by atoms with Gasteiger partial charge in [0.05, 0.1) is 0 Å². The van der Waals surface area contributed by atoms with Crippen molar-refractivity contribution in [1.29, 1.82) is 0 Å². The normalized spacial score (nSPS) is 14.8. The van der Waals surface area contributed by atoms with Crippen LogP contribution in [-0.2, 0) is 17.1 Å². The minimum absolute atomic E-state index is 0. The zero-order valence-electron chi connectivity index (χ0n) is 25.8. The standard InChI is InChI=1S/2C5H4.6C4H9.Fe.2Sn/c2*1-2-4-5-3-1;6*1-3-4-2;;;/h2*1-2H,3H2;6*1,3-4H2,2H3;;;/q2*-1;;;;;;;+2;;. The summed E-state index contributed by atoms with van der Waals surface area (Å²) in [6.45, 7) is 14.1. The maximum Gasteiger partial charge on any atom is 2.00 e. The van der Waals surface area contributed by atoms with Crippen molar-refractivity contribution < 1.29 is 17.1 Å². The van der Waals surface area contributed by atoms with Gasteiger partial charge in [0.15, 0.2) is 0 Å². The molecule has 0 fully saturated rings. The summed E-state index contributed by atoms with van der Waals surface area (Å²) in [5.74, 6) is 0. The zero-order valence-corrected chi connectivity index (χ0v) is 32.6. The van der Waals surface area contributed by atoms with Crippen molar-refractivity contribution in [2.75, 3.05) is 0 Å². The second kappa shape index (κ2) is 23.7. The Labute approximate surface area is 253 Å². The molecule has 0 nitrogen and oxygen atoms in total. The van der Waals surface area contributed by atoms with E-state index in [2.05, 4.69) is 78.0 Å². The summed E-state index contributed by atoms with van der Waals surface area (Å²) in [6, 6.07) is 0. The molecule has 0 unspecified atom stereocenters. The van der Waals surface area contributed by atoms with E-state index in [1.54, 1.807) is 33.8 Å². The molecule has 2 rings (SSSR count). The van der Waals surface area contributed by atoms with Crippen molar-refractivity contribution >= 4 is 36.8 Å². The van der Waals surface area contributed by atoms with E-state index in [0.29, 0.717) is 0 Å². The maximum absolute atomic E-state index is 3.72. The summed E-state index contributed by atoms with van der Waals surface area (Å²) in [6.07, 6.45) is 36.2. The van der Waals surface area contributed by atoms with Crippen LogP contribution in [0.4, 0.5) is 0 Å². The first kappa shape index (κ1) is 38.1. The second-order valence-electron chi connectivity index (χ2n) is 11.6. The Morgan fingerprint density at radius 2 is 0.730 bits per heavy atom. The molecule has 214 valence electrons. The summed E-state index contributed by atoms with van der Waals surface area (Å²) >= 11 is -4.11.